The van der Waals surface area contributed by atoms with Gasteiger partial charge in [-0.1, -0.05) is 27.2 Å². The van der Waals surface area contributed by atoms with Gasteiger partial charge < -0.3 is 5.32 Å². The van der Waals surface area contributed by atoms with Crippen LogP contribution in [0.4, 0.5) is 0 Å². The first-order valence-corrected chi connectivity index (χ1v) is 9.76. The van der Waals surface area contributed by atoms with E-state index < -0.39 is 10.0 Å². The third-order valence-electron chi connectivity index (χ3n) is 3.91. The fraction of sp³-hybridized carbons (Fsp3) is 1.00. The van der Waals surface area contributed by atoms with Crippen LogP contribution in [0.1, 0.15) is 67.2 Å². The molecule has 0 radical (unpaired) electrons. The van der Waals surface area contributed by atoms with Crippen LogP contribution in [0, 0.1) is 5.41 Å². The predicted octanol–water partition coefficient (Wildman–Crippen LogP) is 3.00. The molecule has 0 saturated carbocycles. The standard InChI is InChI=1S/C16H34N2O2S/c1-15(2,3)10-12-21(19,20)18-11-8-7-9-14(18)13-17-16(4,5)6/h14,17H,7-13H2,1-6H3. The van der Waals surface area contributed by atoms with Crippen molar-refractivity contribution >= 4 is 10.0 Å². The molecule has 0 aromatic rings. The van der Waals surface area contributed by atoms with Crippen LogP contribution in [-0.2, 0) is 10.0 Å². The summed E-state index contributed by atoms with van der Waals surface area (Å²) in [4.78, 5) is 0. The third-order valence-corrected chi connectivity index (χ3v) is 5.82. The smallest absolute Gasteiger partial charge is 0.214 e. The van der Waals surface area contributed by atoms with Crippen LogP contribution in [0.15, 0.2) is 0 Å². The van der Waals surface area contributed by atoms with Crippen molar-refractivity contribution in [2.24, 2.45) is 5.41 Å². The lowest BCUT2D eigenvalue weighted by atomic mass is 9.94. The molecule has 1 rings (SSSR count). The molecule has 1 N–H and O–H groups in total. The summed E-state index contributed by atoms with van der Waals surface area (Å²) in [5.74, 6) is 0.266. The first kappa shape index (κ1) is 18.9. The molecule has 1 heterocycles. The molecule has 4 nitrogen and oxygen atoms in total. The molecule has 0 bridgehead atoms. The molecule has 0 amide bonds. The van der Waals surface area contributed by atoms with Gasteiger partial charge in [-0.3, -0.25) is 0 Å². The molecule has 1 fully saturated rings. The van der Waals surface area contributed by atoms with Crippen LogP contribution in [0.3, 0.4) is 0 Å². The second-order valence-corrected chi connectivity index (χ2v) is 10.6. The maximum Gasteiger partial charge on any atom is 0.214 e. The maximum absolute atomic E-state index is 12.7. The van der Waals surface area contributed by atoms with Gasteiger partial charge in [0.2, 0.25) is 10.0 Å². The van der Waals surface area contributed by atoms with Gasteiger partial charge in [0.05, 0.1) is 5.75 Å². The number of nitrogens with one attached hydrogen (secondary N) is 1. The lowest BCUT2D eigenvalue weighted by Crippen LogP contribution is -2.52. The van der Waals surface area contributed by atoms with E-state index in [-0.39, 0.29) is 22.7 Å². The Morgan fingerprint density at radius 2 is 1.71 bits per heavy atom. The molecule has 1 aliphatic rings. The number of nitrogens with zero attached hydrogens (tertiary/aromatic N) is 1. The number of piperidine rings is 1. The Morgan fingerprint density at radius 1 is 1.10 bits per heavy atom. The van der Waals surface area contributed by atoms with Crippen molar-refractivity contribution in [2.75, 3.05) is 18.8 Å². The molecule has 126 valence electrons. The van der Waals surface area contributed by atoms with Gasteiger partial charge in [0.15, 0.2) is 0 Å². The van der Waals surface area contributed by atoms with Crippen molar-refractivity contribution in [3.8, 4) is 0 Å². The van der Waals surface area contributed by atoms with E-state index in [1.807, 2.05) is 0 Å². The zero-order chi connectivity index (χ0) is 16.3. The molecule has 0 aromatic carbocycles. The van der Waals surface area contributed by atoms with Crippen LogP contribution in [0.25, 0.3) is 0 Å². The molecule has 0 aliphatic carbocycles. The number of rotatable bonds is 5. The fourth-order valence-corrected chi connectivity index (χ4v) is 4.67. The van der Waals surface area contributed by atoms with E-state index in [0.717, 1.165) is 25.8 Å². The Hall–Kier alpha value is -0.130. The van der Waals surface area contributed by atoms with Gasteiger partial charge in [-0.2, -0.15) is 4.31 Å². The van der Waals surface area contributed by atoms with Crippen molar-refractivity contribution < 1.29 is 8.42 Å². The van der Waals surface area contributed by atoms with Gasteiger partial charge in [-0.15, -0.1) is 0 Å². The second-order valence-electron chi connectivity index (χ2n) is 8.52. The van der Waals surface area contributed by atoms with E-state index in [2.05, 4.69) is 46.9 Å². The molecule has 1 saturated heterocycles. The molecule has 0 aromatic heterocycles. The van der Waals surface area contributed by atoms with Gasteiger partial charge >= 0.3 is 0 Å². The van der Waals surface area contributed by atoms with Crippen LogP contribution < -0.4 is 5.32 Å². The number of sulfonamides is 1. The van der Waals surface area contributed by atoms with Crippen LogP contribution in [0.2, 0.25) is 0 Å². The zero-order valence-corrected chi connectivity index (χ0v) is 15.5. The lowest BCUT2D eigenvalue weighted by Gasteiger charge is -2.37. The van der Waals surface area contributed by atoms with Gasteiger partial charge in [0.1, 0.15) is 0 Å². The molecular weight excluding hydrogens is 284 g/mol. The minimum absolute atomic E-state index is 0.0261. The molecule has 1 aliphatic heterocycles. The van der Waals surface area contributed by atoms with Crippen molar-refractivity contribution in [1.29, 1.82) is 0 Å². The summed E-state index contributed by atoms with van der Waals surface area (Å²) < 4.78 is 27.1. The average Bonchev–Trinajstić information content (AvgIpc) is 2.33. The minimum atomic E-state index is -3.14. The SMILES string of the molecule is CC(C)(C)CCS(=O)(=O)N1CCCCC1CNC(C)(C)C. The number of hydrogen-bond acceptors (Lipinski definition) is 3. The van der Waals surface area contributed by atoms with Crippen molar-refractivity contribution in [1.82, 2.24) is 9.62 Å². The van der Waals surface area contributed by atoms with Crippen LogP contribution in [0.5, 0.6) is 0 Å². The Balaban J connectivity index is 2.71. The quantitative estimate of drug-likeness (QED) is 0.848. The average molecular weight is 319 g/mol. The van der Waals surface area contributed by atoms with Gasteiger partial charge in [0, 0.05) is 24.7 Å². The highest BCUT2D eigenvalue weighted by Gasteiger charge is 2.33. The fourth-order valence-electron chi connectivity index (χ4n) is 2.52. The predicted molar refractivity (Wildman–Crippen MR) is 90.0 cm³/mol. The third kappa shape index (κ3) is 7.11. The highest BCUT2D eigenvalue weighted by atomic mass is 32.2. The normalized spacial score (nSPS) is 22.5. The van der Waals surface area contributed by atoms with E-state index in [1.54, 1.807) is 4.31 Å². The first-order valence-electron chi connectivity index (χ1n) is 8.15. The largest absolute Gasteiger partial charge is 0.310 e. The Bertz CT molecular complexity index is 419. The van der Waals surface area contributed by atoms with Gasteiger partial charge in [-0.25, -0.2) is 8.42 Å². The first-order chi connectivity index (χ1) is 9.41. The summed E-state index contributed by atoms with van der Waals surface area (Å²) in [6.07, 6.45) is 3.80. The van der Waals surface area contributed by atoms with E-state index in [1.165, 1.54) is 0 Å². The van der Waals surface area contributed by atoms with Gasteiger partial charge in [0.25, 0.3) is 0 Å². The lowest BCUT2D eigenvalue weighted by molar-refractivity contribution is 0.229. The Kier molecular flexibility index (Phi) is 6.28. The molecule has 1 atom stereocenters. The molecular formula is C16H34N2O2S. The summed E-state index contributed by atoms with van der Waals surface area (Å²) in [7, 11) is -3.14. The monoisotopic (exact) mass is 318 g/mol. The second kappa shape index (κ2) is 6.97. The summed E-state index contributed by atoms with van der Waals surface area (Å²) in [5.41, 5.74) is 0.0836. The summed E-state index contributed by atoms with van der Waals surface area (Å²) in [6, 6.07) is 0.114. The molecule has 1 unspecified atom stereocenters. The molecule has 5 heteroatoms. The van der Waals surface area contributed by atoms with Gasteiger partial charge in [-0.05, 0) is 45.4 Å². The van der Waals surface area contributed by atoms with Crippen LogP contribution >= 0.6 is 0 Å². The highest BCUT2D eigenvalue weighted by molar-refractivity contribution is 7.89. The summed E-state index contributed by atoms with van der Waals surface area (Å²) >= 11 is 0. The minimum Gasteiger partial charge on any atom is -0.310 e. The van der Waals surface area contributed by atoms with E-state index in [9.17, 15) is 8.42 Å². The molecule has 0 spiro atoms. The van der Waals surface area contributed by atoms with E-state index in [4.69, 9.17) is 0 Å². The zero-order valence-electron chi connectivity index (χ0n) is 14.7. The topological polar surface area (TPSA) is 49.4 Å². The van der Waals surface area contributed by atoms with Crippen molar-refractivity contribution in [3.05, 3.63) is 0 Å². The summed E-state index contributed by atoms with van der Waals surface area (Å²) in [6.45, 7) is 14.1. The molecule has 21 heavy (non-hydrogen) atoms. The van der Waals surface area contributed by atoms with Crippen LogP contribution in [-0.4, -0.2) is 43.1 Å². The van der Waals surface area contributed by atoms with E-state index in [0.29, 0.717) is 13.0 Å². The van der Waals surface area contributed by atoms with Crippen molar-refractivity contribution in [2.45, 2.75) is 78.8 Å². The Morgan fingerprint density at radius 3 is 2.24 bits per heavy atom. The van der Waals surface area contributed by atoms with Crippen molar-refractivity contribution in [3.63, 3.8) is 0 Å². The maximum atomic E-state index is 12.7. The Labute approximate surface area is 131 Å². The van der Waals surface area contributed by atoms with E-state index >= 15 is 0 Å². The number of hydrogen-bond donors (Lipinski definition) is 1. The summed E-state index contributed by atoms with van der Waals surface area (Å²) in [5, 5.41) is 3.46. The highest BCUT2D eigenvalue weighted by Crippen LogP contribution is 2.25.